The zero-order valence-corrected chi connectivity index (χ0v) is 24.7. The molecule has 44 heavy (non-hydrogen) atoms. The van der Waals surface area contributed by atoms with E-state index in [0.717, 1.165) is 22.3 Å². The Hall–Kier alpha value is -5.52. The number of carbonyl (C=O) groups excluding carboxylic acids is 1. The summed E-state index contributed by atoms with van der Waals surface area (Å²) in [5.41, 5.74) is 4.43. The summed E-state index contributed by atoms with van der Waals surface area (Å²) in [6.07, 6.45) is 1.82. The highest BCUT2D eigenvalue weighted by molar-refractivity contribution is 7.07. The molecule has 1 atom stereocenters. The van der Waals surface area contributed by atoms with Crippen LogP contribution in [0.3, 0.4) is 0 Å². The zero-order chi connectivity index (χ0) is 30.5. The Morgan fingerprint density at radius 3 is 2.41 bits per heavy atom. The summed E-state index contributed by atoms with van der Waals surface area (Å²) in [4.78, 5) is 33.0. The summed E-state index contributed by atoms with van der Waals surface area (Å²) >= 11 is 1.28. The average molecular weight is 598 g/mol. The molecule has 216 valence electrons. The molecule has 6 rings (SSSR count). The topological polar surface area (TPSA) is 93.7 Å². The number of rotatable bonds is 8. The van der Waals surface area contributed by atoms with Gasteiger partial charge in [-0.15, -0.1) is 0 Å². The molecule has 1 aliphatic heterocycles. The van der Waals surface area contributed by atoms with E-state index < -0.39 is 12.0 Å². The van der Waals surface area contributed by atoms with Crippen molar-refractivity contribution in [1.82, 2.24) is 4.57 Å². The smallest absolute Gasteiger partial charge is 0.338 e. The lowest BCUT2D eigenvalue weighted by atomic mass is 9.93. The molecule has 0 aliphatic carbocycles. The molecule has 0 bridgehead atoms. The number of carbonyl (C=O) groups is 1. The minimum absolute atomic E-state index is 0.194. The first-order valence-electron chi connectivity index (χ1n) is 14.1. The van der Waals surface area contributed by atoms with E-state index in [2.05, 4.69) is 6.07 Å². The van der Waals surface area contributed by atoms with Crippen molar-refractivity contribution in [2.45, 2.75) is 19.6 Å². The van der Waals surface area contributed by atoms with E-state index in [1.54, 1.807) is 23.6 Å². The number of nitrogens with zero attached hydrogens (tertiary/aromatic N) is 3. The van der Waals surface area contributed by atoms with Crippen molar-refractivity contribution in [3.63, 3.8) is 0 Å². The van der Waals surface area contributed by atoms with Gasteiger partial charge in [-0.05, 0) is 54.0 Å². The Balaban J connectivity index is 1.44. The fourth-order valence-corrected chi connectivity index (χ4v) is 6.08. The van der Waals surface area contributed by atoms with Crippen LogP contribution in [0.4, 0.5) is 0 Å². The molecule has 0 unspecified atom stereocenters. The molecule has 8 heteroatoms. The summed E-state index contributed by atoms with van der Waals surface area (Å²) in [6.45, 7) is 2.29. The Kier molecular flexibility index (Phi) is 8.30. The van der Waals surface area contributed by atoms with Crippen molar-refractivity contribution in [2.75, 3.05) is 6.61 Å². The number of ether oxygens (including phenoxy) is 2. The number of hydrogen-bond acceptors (Lipinski definition) is 7. The van der Waals surface area contributed by atoms with E-state index in [0.29, 0.717) is 38.5 Å². The van der Waals surface area contributed by atoms with Gasteiger partial charge in [-0.25, -0.2) is 9.79 Å². The van der Waals surface area contributed by atoms with Crippen molar-refractivity contribution in [2.24, 2.45) is 4.99 Å². The molecule has 5 aromatic rings. The Morgan fingerprint density at radius 1 is 0.977 bits per heavy atom. The van der Waals surface area contributed by atoms with Gasteiger partial charge in [0.05, 0.1) is 40.1 Å². The van der Waals surface area contributed by atoms with Crippen LogP contribution in [0.2, 0.25) is 0 Å². The monoisotopic (exact) mass is 597 g/mol. The summed E-state index contributed by atoms with van der Waals surface area (Å²) in [5.74, 6) is 0.138. The fourth-order valence-electron chi connectivity index (χ4n) is 5.08. The van der Waals surface area contributed by atoms with Crippen molar-refractivity contribution >= 4 is 29.1 Å². The average Bonchev–Trinajstić information content (AvgIpc) is 3.38. The fraction of sp³-hybridized carbons (Fsp3) is 0.111. The van der Waals surface area contributed by atoms with E-state index in [1.165, 1.54) is 11.3 Å². The maximum Gasteiger partial charge on any atom is 0.338 e. The molecular weight excluding hydrogens is 570 g/mol. The molecule has 4 aromatic carbocycles. The maximum absolute atomic E-state index is 14.1. The lowest BCUT2D eigenvalue weighted by Crippen LogP contribution is -2.39. The van der Waals surface area contributed by atoms with Crippen LogP contribution >= 0.6 is 11.3 Å². The quantitative estimate of drug-likeness (QED) is 0.224. The number of aromatic nitrogens is 1. The van der Waals surface area contributed by atoms with Crippen LogP contribution in [0.15, 0.2) is 125 Å². The first-order chi connectivity index (χ1) is 21.6. The van der Waals surface area contributed by atoms with Crippen molar-refractivity contribution in [3.8, 4) is 11.8 Å². The zero-order valence-electron chi connectivity index (χ0n) is 23.8. The third kappa shape index (κ3) is 5.87. The minimum Gasteiger partial charge on any atom is -0.489 e. The van der Waals surface area contributed by atoms with Crippen LogP contribution in [0.25, 0.3) is 11.8 Å². The predicted octanol–water partition coefficient (Wildman–Crippen LogP) is 5.39. The second-order valence-corrected chi connectivity index (χ2v) is 11.0. The molecule has 0 saturated heterocycles. The highest BCUT2D eigenvalue weighted by atomic mass is 32.1. The SMILES string of the molecule is CCOC(=O)C1=C(c2ccccc2)N=c2s/c(=C\c3cccc(OCc4ccc(C#N)cc4)c3)c(=O)n2[C@@H]1c1ccccc1. The van der Waals surface area contributed by atoms with E-state index in [4.69, 9.17) is 19.7 Å². The van der Waals surface area contributed by atoms with Crippen LogP contribution in [0.1, 0.15) is 40.8 Å². The van der Waals surface area contributed by atoms with Crippen LogP contribution in [0, 0.1) is 11.3 Å². The predicted molar refractivity (Wildman–Crippen MR) is 169 cm³/mol. The lowest BCUT2D eigenvalue weighted by molar-refractivity contribution is -0.138. The summed E-state index contributed by atoms with van der Waals surface area (Å²) in [7, 11) is 0. The molecule has 0 amide bonds. The molecule has 1 aliphatic rings. The van der Waals surface area contributed by atoms with Gasteiger partial charge in [0.15, 0.2) is 4.80 Å². The van der Waals surface area contributed by atoms with Gasteiger partial charge in [0.2, 0.25) is 0 Å². The minimum atomic E-state index is -0.717. The number of esters is 1. The van der Waals surface area contributed by atoms with Gasteiger partial charge in [0, 0.05) is 5.56 Å². The molecule has 0 N–H and O–H groups in total. The maximum atomic E-state index is 14.1. The van der Waals surface area contributed by atoms with E-state index in [-0.39, 0.29) is 12.2 Å². The van der Waals surface area contributed by atoms with Gasteiger partial charge >= 0.3 is 5.97 Å². The van der Waals surface area contributed by atoms with Gasteiger partial charge in [-0.2, -0.15) is 5.26 Å². The molecule has 0 fully saturated rings. The van der Waals surface area contributed by atoms with Crippen LogP contribution in [-0.4, -0.2) is 17.1 Å². The number of fused-ring (bicyclic) bond motifs is 1. The second kappa shape index (κ2) is 12.8. The molecule has 0 radical (unpaired) electrons. The first kappa shape index (κ1) is 28.6. The van der Waals surface area contributed by atoms with Crippen molar-refractivity contribution < 1.29 is 14.3 Å². The lowest BCUT2D eigenvalue weighted by Gasteiger charge is -2.25. The van der Waals surface area contributed by atoms with Crippen molar-refractivity contribution in [3.05, 3.63) is 162 Å². The van der Waals surface area contributed by atoms with Gasteiger partial charge in [-0.3, -0.25) is 9.36 Å². The van der Waals surface area contributed by atoms with Gasteiger partial charge < -0.3 is 9.47 Å². The largest absolute Gasteiger partial charge is 0.489 e. The van der Waals surface area contributed by atoms with E-state index in [9.17, 15) is 9.59 Å². The summed E-state index contributed by atoms with van der Waals surface area (Å²) < 4.78 is 13.6. The Morgan fingerprint density at radius 2 is 1.70 bits per heavy atom. The van der Waals surface area contributed by atoms with Gasteiger partial charge in [-0.1, -0.05) is 96.3 Å². The van der Waals surface area contributed by atoms with E-state index >= 15 is 0 Å². The molecule has 1 aromatic heterocycles. The molecule has 2 heterocycles. The van der Waals surface area contributed by atoms with E-state index in [1.807, 2.05) is 103 Å². The van der Waals surface area contributed by atoms with Gasteiger partial charge in [0.1, 0.15) is 12.4 Å². The highest BCUT2D eigenvalue weighted by Crippen LogP contribution is 2.35. The molecule has 7 nitrogen and oxygen atoms in total. The van der Waals surface area contributed by atoms with Gasteiger partial charge in [0.25, 0.3) is 5.56 Å². The summed E-state index contributed by atoms with van der Waals surface area (Å²) in [5, 5.41) is 9.02. The number of nitriles is 1. The highest BCUT2D eigenvalue weighted by Gasteiger charge is 2.35. The number of hydrogen-bond donors (Lipinski definition) is 0. The molecule has 0 saturated carbocycles. The third-order valence-corrected chi connectivity index (χ3v) is 8.12. The standard InChI is InChI=1S/C36H27N3O4S/c1-2-42-35(41)31-32(27-11-5-3-6-12-27)38-36-39(33(31)28-13-7-4-8-14-28)34(40)30(44-36)21-26-10-9-15-29(20-26)43-23-25-18-16-24(22-37)17-19-25/h3-21,33H,2,23H2,1H3/b30-21-/t33-/m1/s1. The first-order valence-corrected chi connectivity index (χ1v) is 14.9. The van der Waals surface area contributed by atoms with Crippen LogP contribution in [0.5, 0.6) is 5.75 Å². The number of thiazole rings is 1. The van der Waals surface area contributed by atoms with Crippen molar-refractivity contribution in [1.29, 1.82) is 5.26 Å². The Bertz CT molecular complexity index is 2070. The van der Waals surface area contributed by atoms with Crippen LogP contribution in [-0.2, 0) is 16.1 Å². The summed E-state index contributed by atoms with van der Waals surface area (Å²) in [6, 6.07) is 35.1. The normalized spacial score (nSPS) is 14.4. The number of benzene rings is 4. The molecular formula is C36H27N3O4S. The Labute approximate surface area is 257 Å². The second-order valence-electron chi connectivity index (χ2n) is 10.0. The third-order valence-electron chi connectivity index (χ3n) is 7.13. The molecule has 0 spiro atoms. The van der Waals surface area contributed by atoms with Crippen LogP contribution < -0.4 is 19.6 Å².